The third kappa shape index (κ3) is 3.49. The van der Waals surface area contributed by atoms with Gasteiger partial charge in [0.1, 0.15) is 5.82 Å². The Morgan fingerprint density at radius 1 is 1.45 bits per heavy atom. The molecule has 1 aromatic carbocycles. The highest BCUT2D eigenvalue weighted by Crippen LogP contribution is 2.31. The lowest BCUT2D eigenvalue weighted by Gasteiger charge is -2.11. The molecule has 2 atom stereocenters. The van der Waals surface area contributed by atoms with E-state index < -0.39 is 15.8 Å². The van der Waals surface area contributed by atoms with Crippen LogP contribution in [0.2, 0.25) is 5.02 Å². The van der Waals surface area contributed by atoms with Crippen LogP contribution in [0.5, 0.6) is 0 Å². The molecular formula is C13H18ClFN2O2S. The van der Waals surface area contributed by atoms with Crippen LogP contribution in [0, 0.1) is 11.7 Å². The first-order valence-corrected chi connectivity index (χ1v) is 8.42. The topological polar surface area (TPSA) is 58.2 Å². The van der Waals surface area contributed by atoms with Crippen LogP contribution in [0.3, 0.4) is 0 Å². The molecule has 1 saturated carbocycles. The molecule has 0 radical (unpaired) electrons. The summed E-state index contributed by atoms with van der Waals surface area (Å²) in [6, 6.07) is 2.34. The number of benzene rings is 1. The summed E-state index contributed by atoms with van der Waals surface area (Å²) in [5.74, 6) is -0.380. The maximum atomic E-state index is 13.8. The van der Waals surface area contributed by atoms with E-state index in [-0.39, 0.29) is 16.0 Å². The molecule has 1 aliphatic rings. The summed E-state index contributed by atoms with van der Waals surface area (Å²) in [5.41, 5.74) is 0.442. The molecule has 20 heavy (non-hydrogen) atoms. The van der Waals surface area contributed by atoms with Gasteiger partial charge in [0.15, 0.2) is 0 Å². The fourth-order valence-electron chi connectivity index (χ4n) is 1.92. The lowest BCUT2D eigenvalue weighted by atomic mass is 10.2. The molecule has 0 saturated heterocycles. The molecule has 0 aliphatic heterocycles. The van der Waals surface area contributed by atoms with Gasteiger partial charge in [-0.25, -0.2) is 17.5 Å². The first kappa shape index (κ1) is 15.7. The summed E-state index contributed by atoms with van der Waals surface area (Å²) in [6.07, 6.45) is 0.819. The summed E-state index contributed by atoms with van der Waals surface area (Å²) in [4.78, 5) is -0.0774. The average molecular weight is 321 g/mol. The molecule has 1 aromatic rings. The van der Waals surface area contributed by atoms with Gasteiger partial charge in [-0.2, -0.15) is 0 Å². The molecule has 1 aliphatic carbocycles. The summed E-state index contributed by atoms with van der Waals surface area (Å²) in [6.45, 7) is 4.88. The zero-order valence-electron chi connectivity index (χ0n) is 11.4. The van der Waals surface area contributed by atoms with Crippen molar-refractivity contribution in [3.8, 4) is 0 Å². The summed E-state index contributed by atoms with van der Waals surface area (Å²) >= 11 is 5.86. The maximum Gasteiger partial charge on any atom is 0.240 e. The Morgan fingerprint density at radius 3 is 2.65 bits per heavy atom. The van der Waals surface area contributed by atoms with Gasteiger partial charge in [-0.15, -0.1) is 0 Å². The van der Waals surface area contributed by atoms with E-state index in [1.54, 1.807) is 0 Å². The molecule has 2 N–H and O–H groups in total. The Kier molecular flexibility index (Phi) is 4.69. The Hall–Kier alpha value is -0.690. The van der Waals surface area contributed by atoms with Crippen LogP contribution in [0.15, 0.2) is 17.0 Å². The molecule has 7 heteroatoms. The lowest BCUT2D eigenvalue weighted by Crippen LogP contribution is -2.27. The van der Waals surface area contributed by atoms with Crippen LogP contribution in [-0.4, -0.2) is 21.0 Å². The molecule has 0 aromatic heterocycles. The molecule has 0 heterocycles. The average Bonchev–Trinajstić information content (AvgIpc) is 3.05. The van der Waals surface area contributed by atoms with Crippen molar-refractivity contribution in [2.75, 3.05) is 6.54 Å². The summed E-state index contributed by atoms with van der Waals surface area (Å²) in [5, 5.41) is 2.97. The van der Waals surface area contributed by atoms with Crippen LogP contribution in [0.4, 0.5) is 4.39 Å². The number of hydrogen-bond donors (Lipinski definition) is 2. The van der Waals surface area contributed by atoms with Crippen LogP contribution in [0.1, 0.15) is 25.8 Å². The SMILES string of the molecule is CCNCc1cc(S(=O)(=O)NC2CC2C)cc(F)c1Cl. The fourth-order valence-corrected chi connectivity index (χ4v) is 3.51. The van der Waals surface area contributed by atoms with Crippen LogP contribution >= 0.6 is 11.6 Å². The van der Waals surface area contributed by atoms with Gasteiger partial charge in [-0.1, -0.05) is 25.4 Å². The van der Waals surface area contributed by atoms with Gasteiger partial charge in [0.2, 0.25) is 10.0 Å². The van der Waals surface area contributed by atoms with E-state index in [0.717, 1.165) is 12.5 Å². The van der Waals surface area contributed by atoms with Crippen LogP contribution < -0.4 is 10.0 Å². The van der Waals surface area contributed by atoms with Crippen molar-refractivity contribution in [3.05, 3.63) is 28.5 Å². The fraction of sp³-hybridized carbons (Fsp3) is 0.538. The monoisotopic (exact) mass is 320 g/mol. The second kappa shape index (κ2) is 5.97. The quantitative estimate of drug-likeness (QED) is 0.845. The van der Waals surface area contributed by atoms with Gasteiger partial charge in [0, 0.05) is 12.6 Å². The lowest BCUT2D eigenvalue weighted by molar-refractivity contribution is 0.573. The van der Waals surface area contributed by atoms with E-state index in [9.17, 15) is 12.8 Å². The molecule has 2 unspecified atom stereocenters. The van der Waals surface area contributed by atoms with Crippen molar-refractivity contribution in [1.82, 2.24) is 10.0 Å². The van der Waals surface area contributed by atoms with Gasteiger partial charge >= 0.3 is 0 Å². The third-order valence-electron chi connectivity index (χ3n) is 3.37. The molecule has 0 bridgehead atoms. The molecule has 0 amide bonds. The van der Waals surface area contributed by atoms with Crippen molar-refractivity contribution in [3.63, 3.8) is 0 Å². The zero-order chi connectivity index (χ0) is 14.9. The normalized spacial score (nSPS) is 22.0. The van der Waals surface area contributed by atoms with E-state index >= 15 is 0 Å². The van der Waals surface area contributed by atoms with Gasteiger partial charge in [0.05, 0.1) is 9.92 Å². The standard InChI is InChI=1S/C13H18ClFN2O2S/c1-3-16-7-9-5-10(6-11(15)13(9)14)20(18,19)17-12-4-8(12)2/h5-6,8,12,16-17H,3-4,7H2,1-2H3. The van der Waals surface area contributed by atoms with Crippen molar-refractivity contribution < 1.29 is 12.8 Å². The Balaban J connectivity index is 2.29. The van der Waals surface area contributed by atoms with Gasteiger partial charge in [0.25, 0.3) is 0 Å². The number of sulfonamides is 1. The molecule has 112 valence electrons. The second-order valence-corrected chi connectivity index (χ2v) is 7.19. The highest BCUT2D eigenvalue weighted by atomic mass is 35.5. The van der Waals surface area contributed by atoms with Crippen LogP contribution in [0.25, 0.3) is 0 Å². The van der Waals surface area contributed by atoms with Gasteiger partial charge in [-0.05, 0) is 36.6 Å². The van der Waals surface area contributed by atoms with Gasteiger partial charge in [-0.3, -0.25) is 0 Å². The number of hydrogen-bond acceptors (Lipinski definition) is 3. The Labute approximate surface area is 123 Å². The highest BCUT2D eigenvalue weighted by molar-refractivity contribution is 7.89. The predicted octanol–water partition coefficient (Wildman–Crippen LogP) is 2.28. The van der Waals surface area contributed by atoms with Crippen molar-refractivity contribution in [2.45, 2.75) is 37.8 Å². The van der Waals surface area contributed by atoms with Crippen molar-refractivity contribution >= 4 is 21.6 Å². The molecule has 4 nitrogen and oxygen atoms in total. The van der Waals surface area contributed by atoms with E-state index in [2.05, 4.69) is 10.0 Å². The second-order valence-electron chi connectivity index (χ2n) is 5.10. The Morgan fingerprint density at radius 2 is 2.10 bits per heavy atom. The molecular weight excluding hydrogens is 303 g/mol. The van der Waals surface area contributed by atoms with E-state index in [0.29, 0.717) is 24.6 Å². The largest absolute Gasteiger partial charge is 0.313 e. The highest BCUT2D eigenvalue weighted by Gasteiger charge is 2.36. The first-order chi connectivity index (χ1) is 9.35. The molecule has 1 fully saturated rings. The molecule has 2 rings (SSSR count). The number of rotatable bonds is 6. The van der Waals surface area contributed by atoms with E-state index in [1.807, 2.05) is 13.8 Å². The third-order valence-corrected chi connectivity index (χ3v) is 5.26. The zero-order valence-corrected chi connectivity index (χ0v) is 13.0. The van der Waals surface area contributed by atoms with Gasteiger partial charge < -0.3 is 5.32 Å². The minimum absolute atomic E-state index is 0.0373. The van der Waals surface area contributed by atoms with E-state index in [4.69, 9.17) is 11.6 Å². The van der Waals surface area contributed by atoms with Crippen LogP contribution in [-0.2, 0) is 16.6 Å². The smallest absolute Gasteiger partial charge is 0.240 e. The molecule has 0 spiro atoms. The minimum Gasteiger partial charge on any atom is -0.313 e. The minimum atomic E-state index is -3.69. The maximum absolute atomic E-state index is 13.8. The van der Waals surface area contributed by atoms with Crippen molar-refractivity contribution in [2.24, 2.45) is 5.92 Å². The van der Waals surface area contributed by atoms with E-state index in [1.165, 1.54) is 6.07 Å². The number of nitrogens with one attached hydrogen (secondary N) is 2. The summed E-state index contributed by atoms with van der Waals surface area (Å²) < 4.78 is 40.7. The number of halogens is 2. The summed E-state index contributed by atoms with van der Waals surface area (Å²) in [7, 11) is -3.69. The van der Waals surface area contributed by atoms with Crippen molar-refractivity contribution in [1.29, 1.82) is 0 Å². The first-order valence-electron chi connectivity index (χ1n) is 6.56. The predicted molar refractivity (Wildman–Crippen MR) is 76.7 cm³/mol. The Bertz CT molecular complexity index is 607.